The van der Waals surface area contributed by atoms with E-state index in [2.05, 4.69) is 46.9 Å². The first-order valence-corrected chi connectivity index (χ1v) is 37.5. The number of rotatable bonds is 18. The summed E-state index contributed by atoms with van der Waals surface area (Å²) in [7, 11) is -5.01. The number of hydrogen-bond donors (Lipinski definition) is 6. The fraction of sp³-hybridized carbons (Fsp3) is 0.320. The van der Waals surface area contributed by atoms with Crippen LogP contribution in [0.25, 0.3) is 32.3 Å². The Hall–Kier alpha value is -9.30. The van der Waals surface area contributed by atoms with Gasteiger partial charge in [0.05, 0.1) is 32.9 Å². The van der Waals surface area contributed by atoms with Crippen LogP contribution in [0, 0.1) is 38.5 Å². The van der Waals surface area contributed by atoms with Gasteiger partial charge in [0.2, 0.25) is 0 Å². The monoisotopic (exact) mass is 1400 g/mol. The summed E-state index contributed by atoms with van der Waals surface area (Å²) in [6.07, 6.45) is 9.74. The molecule has 12 rings (SSSR count). The zero-order valence-electron chi connectivity index (χ0n) is 56.2. The third kappa shape index (κ3) is 18.7. The molecule has 3 aliphatic heterocycles. The van der Waals surface area contributed by atoms with Gasteiger partial charge in [0.1, 0.15) is 5.03 Å². The third-order valence-corrected chi connectivity index (χ3v) is 20.2. The number of aromatic nitrogens is 3. The number of fused-ring (bicyclic) bond motifs is 3. The van der Waals surface area contributed by atoms with Crippen LogP contribution in [0.15, 0.2) is 161 Å². The van der Waals surface area contributed by atoms with Crippen molar-refractivity contribution in [1.82, 2.24) is 30.9 Å². The highest BCUT2D eigenvalue weighted by Gasteiger charge is 2.26. The van der Waals surface area contributed by atoms with Gasteiger partial charge < -0.3 is 46.1 Å². The Bertz CT molecular complexity index is 4630. The van der Waals surface area contributed by atoms with Crippen LogP contribution in [0.1, 0.15) is 118 Å². The number of anilines is 3. The largest absolute Gasteiger partial charge is 0.381 e. The quantitative estimate of drug-likeness (QED) is 0.0435. The number of nitrogens with one attached hydrogen (secondary N) is 6. The van der Waals surface area contributed by atoms with Crippen molar-refractivity contribution in [2.45, 2.75) is 74.4 Å². The molecule has 3 fully saturated rings. The number of hydrogen-bond acceptors (Lipinski definition) is 16. The summed E-state index contributed by atoms with van der Waals surface area (Å²) < 4.78 is 52.2. The minimum Gasteiger partial charge on any atom is -0.381 e. The third-order valence-electron chi connectivity index (χ3n) is 17.7. The van der Waals surface area contributed by atoms with Gasteiger partial charge in [-0.3, -0.25) is 33.0 Å². The highest BCUT2D eigenvalue weighted by molar-refractivity contribution is 7.98. The van der Waals surface area contributed by atoms with E-state index in [0.29, 0.717) is 80.3 Å². The van der Waals surface area contributed by atoms with Gasteiger partial charge in [-0.1, -0.05) is 91.0 Å². The molecule has 3 saturated heterocycles. The summed E-state index contributed by atoms with van der Waals surface area (Å²) in [5, 5.41) is 23.5. The Labute approximate surface area is 582 Å². The Morgan fingerprint density at radius 1 is 0.434 bits per heavy atom. The molecule has 0 aliphatic carbocycles. The number of aryl methyl sites for hydroxylation is 3. The SMILES string of the molecule is CSc1ccc(NC(=O)c2ccc(C)c3ccccc23)c(C(=O)NCC2CCOCC2)n1.Cc1ccc(C(=O)Nc2ccc(S(C)(=O)=O)nc2C(=O)NCC2CCOCC2)c2ccccc12.Cc1ccc(C(=O)Nc2ccc(S(C)=O)nc2C(=O)NCC2CCOCC2)c2ccccc12. The van der Waals surface area contributed by atoms with Crippen molar-refractivity contribution in [2.75, 3.05) is 94.0 Å². The van der Waals surface area contributed by atoms with Crippen molar-refractivity contribution in [2.24, 2.45) is 17.8 Å². The highest BCUT2D eigenvalue weighted by atomic mass is 32.2. The fourth-order valence-corrected chi connectivity index (χ4v) is 13.4. The van der Waals surface area contributed by atoms with Gasteiger partial charge in [0, 0.05) is 88.5 Å². The zero-order chi connectivity index (χ0) is 70.2. The predicted octanol–water partition coefficient (Wildman–Crippen LogP) is 11.7. The molecule has 0 saturated carbocycles. The summed E-state index contributed by atoms with van der Waals surface area (Å²) in [6, 6.07) is 43.5. The van der Waals surface area contributed by atoms with E-state index in [0.717, 1.165) is 112 Å². The van der Waals surface area contributed by atoms with Gasteiger partial charge in [-0.05, 0) is 187 Å². The average Bonchev–Trinajstić information content (AvgIpc) is 0.880. The number of ether oxygens (including phenoxy) is 3. The molecular weight excluding hydrogens is 1320 g/mol. The Kier molecular flexibility index (Phi) is 24.9. The summed E-state index contributed by atoms with van der Waals surface area (Å²) >= 11 is 1.45. The van der Waals surface area contributed by atoms with Crippen LogP contribution < -0.4 is 31.9 Å². The molecule has 99 heavy (non-hydrogen) atoms. The number of nitrogens with zero attached hydrogens (tertiary/aromatic N) is 3. The molecule has 6 aromatic carbocycles. The van der Waals surface area contributed by atoms with Gasteiger partial charge in [0.25, 0.3) is 35.4 Å². The molecule has 1 atom stereocenters. The van der Waals surface area contributed by atoms with Crippen LogP contribution in [-0.2, 0) is 34.8 Å². The minimum atomic E-state index is -3.65. The molecule has 3 aromatic heterocycles. The van der Waals surface area contributed by atoms with Crippen molar-refractivity contribution in [1.29, 1.82) is 0 Å². The summed E-state index contributed by atoms with van der Waals surface area (Å²) in [5.74, 6) is -1.24. The Balaban J connectivity index is 0.000000161. The second-order valence-electron chi connectivity index (χ2n) is 24.7. The predicted molar refractivity (Wildman–Crippen MR) is 387 cm³/mol. The number of benzene rings is 6. The van der Waals surface area contributed by atoms with E-state index in [4.69, 9.17) is 14.2 Å². The molecule has 21 nitrogen and oxygen atoms in total. The van der Waals surface area contributed by atoms with Crippen molar-refractivity contribution in [3.63, 3.8) is 0 Å². The minimum absolute atomic E-state index is 0.0551. The molecular formula is C75H81N9O12S3. The first-order valence-electron chi connectivity index (χ1n) is 32.8. The average molecular weight is 1400 g/mol. The van der Waals surface area contributed by atoms with E-state index in [-0.39, 0.29) is 62.1 Å². The van der Waals surface area contributed by atoms with Crippen molar-refractivity contribution in [3.05, 3.63) is 196 Å². The molecule has 3 aliphatic rings. The highest BCUT2D eigenvalue weighted by Crippen LogP contribution is 2.30. The fourth-order valence-electron chi connectivity index (χ4n) is 12.0. The number of pyridine rings is 3. The molecule has 0 bridgehead atoms. The lowest BCUT2D eigenvalue weighted by molar-refractivity contribution is 0.0642. The van der Waals surface area contributed by atoms with Gasteiger partial charge in [-0.15, -0.1) is 11.8 Å². The molecule has 0 radical (unpaired) electrons. The van der Waals surface area contributed by atoms with Gasteiger partial charge in [0.15, 0.2) is 31.9 Å². The lowest BCUT2D eigenvalue weighted by atomic mass is 10.00. The molecule has 6 N–H and O–H groups in total. The number of amides is 6. The smallest absolute Gasteiger partial charge is 0.272 e. The van der Waals surface area contributed by atoms with Crippen molar-refractivity contribution in [3.8, 4) is 0 Å². The lowest BCUT2D eigenvalue weighted by Gasteiger charge is -2.22. The second-order valence-corrected chi connectivity index (χ2v) is 28.8. The van der Waals surface area contributed by atoms with Crippen LogP contribution in [0.5, 0.6) is 0 Å². The van der Waals surface area contributed by atoms with E-state index in [1.54, 1.807) is 30.3 Å². The molecule has 0 spiro atoms. The number of thioether (sulfide) groups is 1. The maximum atomic E-state index is 13.2. The summed E-state index contributed by atoms with van der Waals surface area (Å²) in [4.78, 5) is 91.5. The number of sulfone groups is 1. The second kappa shape index (κ2) is 34.0. The van der Waals surface area contributed by atoms with Crippen LogP contribution in [0.2, 0.25) is 0 Å². The van der Waals surface area contributed by atoms with E-state index in [1.165, 1.54) is 30.2 Å². The van der Waals surface area contributed by atoms with Crippen LogP contribution >= 0.6 is 11.8 Å². The van der Waals surface area contributed by atoms with Crippen LogP contribution in [0.3, 0.4) is 0 Å². The molecule has 516 valence electrons. The van der Waals surface area contributed by atoms with E-state index < -0.39 is 38.4 Å². The Morgan fingerprint density at radius 2 is 0.758 bits per heavy atom. The standard InChI is InChI=1S/C25H27N3O5S.C25H27N3O4S.C25H27N3O3S/c1-16-7-8-20(19-6-4-3-5-18(16)19)24(29)27-21-9-10-22(34(2,31)32)28-23(21)25(30)26-15-17-11-13-33-14-12-17;1-16-7-8-20(19-6-4-3-5-18(16)19)24(29)27-21-9-10-22(33(2)31)28-23(21)25(30)26-15-17-11-13-32-14-12-17;1-16-7-8-20(19-6-4-3-5-18(16)19)24(29)27-21-9-10-22(32-2)28-23(21)25(30)26-15-17-11-13-31-14-12-17/h3-10,17H,11-15H2,1-2H3,(H,26,30)(H,27,29);3-10,17H,11-15H2,1-2H3,(H,26,30)(H,27,29);3-10,17H,11-15H2,1-2H3,(H,26,30)(H,27,29). The Morgan fingerprint density at radius 3 is 1.10 bits per heavy atom. The molecule has 6 amide bonds. The maximum Gasteiger partial charge on any atom is 0.272 e. The normalized spacial score (nSPS) is 14.7. The van der Waals surface area contributed by atoms with Gasteiger partial charge >= 0.3 is 0 Å². The molecule has 9 aromatic rings. The van der Waals surface area contributed by atoms with Gasteiger partial charge in [-0.2, -0.15) is 0 Å². The summed E-state index contributed by atoms with van der Waals surface area (Å²) in [5.41, 5.74) is 5.72. The first-order chi connectivity index (χ1) is 47.7. The van der Waals surface area contributed by atoms with Crippen LogP contribution in [0.4, 0.5) is 17.1 Å². The zero-order valence-corrected chi connectivity index (χ0v) is 58.6. The first kappa shape index (κ1) is 72.4. The summed E-state index contributed by atoms with van der Waals surface area (Å²) in [6.45, 7) is 11.6. The van der Waals surface area contributed by atoms with Crippen LogP contribution in [-0.4, -0.2) is 141 Å². The van der Waals surface area contributed by atoms with Crippen molar-refractivity contribution < 1.29 is 55.6 Å². The molecule has 6 heterocycles. The number of carbonyl (C=O) groups is 6. The van der Waals surface area contributed by atoms with E-state index in [1.807, 2.05) is 130 Å². The topological polar surface area (TPSA) is 292 Å². The van der Waals surface area contributed by atoms with Gasteiger partial charge in [-0.25, -0.2) is 23.4 Å². The lowest BCUT2D eigenvalue weighted by Crippen LogP contribution is -2.33. The molecule has 24 heteroatoms. The van der Waals surface area contributed by atoms with E-state index >= 15 is 0 Å². The van der Waals surface area contributed by atoms with E-state index in [9.17, 15) is 41.4 Å². The van der Waals surface area contributed by atoms with Crippen molar-refractivity contribution >= 4 is 117 Å². The number of carbonyl (C=O) groups excluding carboxylic acids is 6. The maximum absolute atomic E-state index is 13.2. The molecule has 1 unspecified atom stereocenters.